The molecule has 2 heterocycles. The van der Waals surface area contributed by atoms with Crippen LogP contribution >= 0.6 is 23.2 Å². The zero-order valence-electron chi connectivity index (χ0n) is 10.1. The maximum atomic E-state index is 8.90. The molecule has 0 bridgehead atoms. The van der Waals surface area contributed by atoms with Gasteiger partial charge < -0.3 is 4.90 Å². The molecule has 0 amide bonds. The third kappa shape index (κ3) is 3.34. The van der Waals surface area contributed by atoms with Gasteiger partial charge in [0.15, 0.2) is 5.69 Å². The minimum absolute atomic E-state index is 0.222. The van der Waals surface area contributed by atoms with Crippen LogP contribution < -0.4 is 4.90 Å². The third-order valence-corrected chi connectivity index (χ3v) is 3.07. The van der Waals surface area contributed by atoms with Crippen molar-refractivity contribution in [1.29, 1.82) is 5.26 Å². The lowest BCUT2D eigenvalue weighted by Crippen LogP contribution is -2.18. The monoisotopic (exact) mass is 292 g/mol. The predicted octanol–water partition coefficient (Wildman–Crippen LogP) is 3.29. The van der Waals surface area contributed by atoms with Gasteiger partial charge in [-0.15, -0.1) is 0 Å². The Balaban J connectivity index is 2.18. The van der Waals surface area contributed by atoms with Crippen molar-refractivity contribution in [1.82, 2.24) is 9.97 Å². The maximum absolute atomic E-state index is 8.90. The molecule has 0 atom stereocenters. The van der Waals surface area contributed by atoms with Gasteiger partial charge in [-0.1, -0.05) is 29.3 Å². The second kappa shape index (κ2) is 5.87. The highest BCUT2D eigenvalue weighted by atomic mass is 35.5. The van der Waals surface area contributed by atoms with Crippen LogP contribution in [0.3, 0.4) is 0 Å². The molecule has 2 aromatic rings. The van der Waals surface area contributed by atoms with E-state index in [0.29, 0.717) is 22.5 Å². The standard InChI is InChI=1S/C13H10Cl2N4/c1-19(8-9-2-4-12(15)17-7-9)13-5-3-10(14)11(6-16)18-13/h2-5,7H,8H2,1H3. The molecule has 0 unspecified atom stereocenters. The Labute approximate surface area is 121 Å². The van der Waals surface area contributed by atoms with E-state index in [1.165, 1.54) is 0 Å². The average molecular weight is 293 g/mol. The van der Waals surface area contributed by atoms with E-state index in [0.717, 1.165) is 5.56 Å². The molecular formula is C13H10Cl2N4. The van der Waals surface area contributed by atoms with Crippen LogP contribution in [-0.4, -0.2) is 17.0 Å². The molecule has 6 heteroatoms. The Morgan fingerprint density at radius 1 is 1.26 bits per heavy atom. The molecule has 0 fully saturated rings. The molecule has 96 valence electrons. The van der Waals surface area contributed by atoms with Crippen molar-refractivity contribution in [2.45, 2.75) is 6.54 Å². The van der Waals surface area contributed by atoms with Gasteiger partial charge in [0.25, 0.3) is 0 Å². The van der Waals surface area contributed by atoms with Crippen molar-refractivity contribution in [3.8, 4) is 6.07 Å². The zero-order chi connectivity index (χ0) is 13.8. The lowest BCUT2D eigenvalue weighted by molar-refractivity contribution is 0.890. The Kier molecular flexibility index (Phi) is 4.20. The maximum Gasteiger partial charge on any atom is 0.161 e. The third-order valence-electron chi connectivity index (χ3n) is 2.54. The quantitative estimate of drug-likeness (QED) is 0.815. The number of hydrogen-bond acceptors (Lipinski definition) is 4. The molecule has 0 aromatic carbocycles. The van der Waals surface area contributed by atoms with Gasteiger partial charge in [0.2, 0.25) is 0 Å². The molecule has 0 saturated carbocycles. The summed E-state index contributed by atoms with van der Waals surface area (Å²) >= 11 is 11.6. The summed E-state index contributed by atoms with van der Waals surface area (Å²) in [6.07, 6.45) is 1.71. The minimum atomic E-state index is 0.222. The van der Waals surface area contributed by atoms with E-state index < -0.39 is 0 Å². The normalized spacial score (nSPS) is 10.0. The Morgan fingerprint density at radius 2 is 2.05 bits per heavy atom. The largest absolute Gasteiger partial charge is 0.355 e. The van der Waals surface area contributed by atoms with Crippen LogP contribution in [0, 0.1) is 11.3 Å². The lowest BCUT2D eigenvalue weighted by Gasteiger charge is -2.18. The molecule has 0 aliphatic carbocycles. The van der Waals surface area contributed by atoms with E-state index in [4.69, 9.17) is 28.5 Å². The van der Waals surface area contributed by atoms with Crippen molar-refractivity contribution >= 4 is 29.0 Å². The van der Waals surface area contributed by atoms with Crippen LogP contribution in [-0.2, 0) is 6.54 Å². The van der Waals surface area contributed by atoms with Gasteiger partial charge in [-0.25, -0.2) is 9.97 Å². The first-order valence-corrected chi connectivity index (χ1v) is 6.24. The number of pyridine rings is 2. The van der Waals surface area contributed by atoms with E-state index in [2.05, 4.69) is 9.97 Å². The summed E-state index contributed by atoms with van der Waals surface area (Å²) < 4.78 is 0. The van der Waals surface area contributed by atoms with Gasteiger partial charge in [0, 0.05) is 19.8 Å². The smallest absolute Gasteiger partial charge is 0.161 e. The number of halogens is 2. The number of hydrogen-bond donors (Lipinski definition) is 0. The van der Waals surface area contributed by atoms with Crippen molar-refractivity contribution in [3.05, 3.63) is 51.9 Å². The Morgan fingerprint density at radius 3 is 2.68 bits per heavy atom. The topological polar surface area (TPSA) is 52.8 Å². The van der Waals surface area contributed by atoms with Crippen molar-refractivity contribution in [2.24, 2.45) is 0 Å². The van der Waals surface area contributed by atoms with Crippen LogP contribution in [0.15, 0.2) is 30.5 Å². The van der Waals surface area contributed by atoms with Gasteiger partial charge in [0.05, 0.1) is 5.02 Å². The van der Waals surface area contributed by atoms with E-state index in [1.54, 1.807) is 24.4 Å². The predicted molar refractivity (Wildman–Crippen MR) is 75.3 cm³/mol. The highest BCUT2D eigenvalue weighted by Gasteiger charge is 2.08. The number of nitrogens with zero attached hydrogens (tertiary/aromatic N) is 4. The van der Waals surface area contributed by atoms with Crippen LogP contribution in [0.5, 0.6) is 0 Å². The molecule has 2 rings (SSSR count). The van der Waals surface area contributed by atoms with Crippen molar-refractivity contribution in [3.63, 3.8) is 0 Å². The van der Waals surface area contributed by atoms with E-state index in [1.807, 2.05) is 24.1 Å². The number of anilines is 1. The summed E-state index contributed by atoms with van der Waals surface area (Å²) in [6, 6.07) is 9.03. The zero-order valence-corrected chi connectivity index (χ0v) is 11.7. The average Bonchev–Trinajstić information content (AvgIpc) is 2.42. The second-order valence-electron chi connectivity index (χ2n) is 3.96. The first-order chi connectivity index (χ1) is 9.10. The van der Waals surface area contributed by atoms with Crippen LogP contribution in [0.4, 0.5) is 5.82 Å². The van der Waals surface area contributed by atoms with Crippen molar-refractivity contribution in [2.75, 3.05) is 11.9 Å². The van der Waals surface area contributed by atoms with Gasteiger partial charge in [0.1, 0.15) is 17.0 Å². The summed E-state index contributed by atoms with van der Waals surface area (Å²) in [5, 5.41) is 9.72. The van der Waals surface area contributed by atoms with E-state index in [-0.39, 0.29) is 5.69 Å². The first-order valence-electron chi connectivity index (χ1n) is 5.48. The lowest BCUT2D eigenvalue weighted by atomic mass is 10.2. The fourth-order valence-corrected chi connectivity index (χ4v) is 1.84. The van der Waals surface area contributed by atoms with Gasteiger partial charge in [-0.3, -0.25) is 0 Å². The highest BCUT2D eigenvalue weighted by molar-refractivity contribution is 6.31. The molecule has 19 heavy (non-hydrogen) atoms. The van der Waals surface area contributed by atoms with Gasteiger partial charge >= 0.3 is 0 Å². The fraction of sp³-hybridized carbons (Fsp3) is 0.154. The SMILES string of the molecule is CN(Cc1ccc(Cl)nc1)c1ccc(Cl)c(C#N)n1. The number of aromatic nitrogens is 2. The summed E-state index contributed by atoms with van der Waals surface area (Å²) in [7, 11) is 1.88. The molecule has 0 aliphatic rings. The summed E-state index contributed by atoms with van der Waals surface area (Å²) in [5.41, 5.74) is 1.22. The number of nitriles is 1. The Hall–Kier alpha value is -1.83. The van der Waals surface area contributed by atoms with Crippen molar-refractivity contribution < 1.29 is 0 Å². The summed E-state index contributed by atoms with van der Waals surface area (Å²) in [5.74, 6) is 0.677. The summed E-state index contributed by atoms with van der Waals surface area (Å²) in [4.78, 5) is 10.1. The molecule has 0 spiro atoms. The highest BCUT2D eigenvalue weighted by Crippen LogP contribution is 2.19. The molecular weight excluding hydrogens is 283 g/mol. The molecule has 4 nitrogen and oxygen atoms in total. The van der Waals surface area contributed by atoms with Gasteiger partial charge in [-0.2, -0.15) is 5.26 Å². The van der Waals surface area contributed by atoms with Crippen LogP contribution in [0.1, 0.15) is 11.3 Å². The molecule has 0 aliphatic heterocycles. The van der Waals surface area contributed by atoms with Crippen LogP contribution in [0.2, 0.25) is 10.2 Å². The van der Waals surface area contributed by atoms with E-state index >= 15 is 0 Å². The van der Waals surface area contributed by atoms with Gasteiger partial charge in [-0.05, 0) is 23.8 Å². The number of rotatable bonds is 3. The molecule has 0 radical (unpaired) electrons. The Bertz CT molecular complexity index is 620. The first kappa shape index (κ1) is 13.6. The fourth-order valence-electron chi connectivity index (χ4n) is 1.58. The summed E-state index contributed by atoms with van der Waals surface area (Å²) in [6.45, 7) is 0.615. The van der Waals surface area contributed by atoms with E-state index in [9.17, 15) is 0 Å². The molecule has 0 saturated heterocycles. The molecule has 2 aromatic heterocycles. The second-order valence-corrected chi connectivity index (χ2v) is 4.75. The van der Waals surface area contributed by atoms with Crippen LogP contribution in [0.25, 0.3) is 0 Å². The molecule has 0 N–H and O–H groups in total. The minimum Gasteiger partial charge on any atom is -0.355 e.